The zero-order valence-electron chi connectivity index (χ0n) is 15.9. The van der Waals surface area contributed by atoms with Crippen LogP contribution in [0, 0.1) is 10.8 Å². The van der Waals surface area contributed by atoms with Crippen molar-refractivity contribution in [1.29, 1.82) is 0 Å². The SMILES string of the molecule is COCC1(C(=O)O)CCCN(C(=O)C(C)(C)COCc2ccccc2)C1. The maximum Gasteiger partial charge on any atom is 0.313 e. The number of carbonyl (C=O) groups is 2. The third-order valence-corrected chi connectivity index (χ3v) is 4.89. The summed E-state index contributed by atoms with van der Waals surface area (Å²) in [5.41, 5.74) is -0.689. The van der Waals surface area contributed by atoms with E-state index in [2.05, 4.69) is 0 Å². The first-order valence-corrected chi connectivity index (χ1v) is 8.94. The molecule has 6 heteroatoms. The van der Waals surface area contributed by atoms with E-state index in [1.807, 2.05) is 44.2 Å². The van der Waals surface area contributed by atoms with Gasteiger partial charge < -0.3 is 19.5 Å². The van der Waals surface area contributed by atoms with Gasteiger partial charge in [-0.15, -0.1) is 0 Å². The van der Waals surface area contributed by atoms with E-state index in [-0.39, 0.29) is 25.7 Å². The third kappa shape index (κ3) is 4.83. The average molecular weight is 363 g/mol. The molecule has 1 aromatic rings. The van der Waals surface area contributed by atoms with Crippen LogP contribution in [0.1, 0.15) is 32.3 Å². The quantitative estimate of drug-likeness (QED) is 0.768. The minimum absolute atomic E-state index is 0.0769. The summed E-state index contributed by atoms with van der Waals surface area (Å²) in [7, 11) is 1.49. The van der Waals surface area contributed by atoms with Gasteiger partial charge in [0.2, 0.25) is 5.91 Å². The number of aliphatic carboxylic acids is 1. The molecule has 0 aliphatic carbocycles. The monoisotopic (exact) mass is 363 g/mol. The minimum Gasteiger partial charge on any atom is -0.481 e. The Balaban J connectivity index is 1.97. The Morgan fingerprint density at radius 1 is 1.27 bits per heavy atom. The Hall–Kier alpha value is -1.92. The van der Waals surface area contributed by atoms with Crippen LogP contribution < -0.4 is 0 Å². The molecule has 0 saturated carbocycles. The van der Waals surface area contributed by atoms with Crippen molar-refractivity contribution in [3.05, 3.63) is 35.9 Å². The van der Waals surface area contributed by atoms with Crippen LogP contribution in [0.25, 0.3) is 0 Å². The second kappa shape index (κ2) is 8.64. The molecule has 1 saturated heterocycles. The Morgan fingerprint density at radius 2 is 1.96 bits per heavy atom. The lowest BCUT2D eigenvalue weighted by Gasteiger charge is -2.42. The number of benzene rings is 1. The first-order chi connectivity index (χ1) is 12.3. The summed E-state index contributed by atoms with van der Waals surface area (Å²) >= 11 is 0. The number of likely N-dealkylation sites (tertiary alicyclic amines) is 1. The van der Waals surface area contributed by atoms with E-state index in [0.29, 0.717) is 26.0 Å². The molecule has 1 amide bonds. The summed E-state index contributed by atoms with van der Waals surface area (Å²) in [4.78, 5) is 26.4. The minimum atomic E-state index is -1.02. The zero-order valence-corrected chi connectivity index (χ0v) is 15.9. The van der Waals surface area contributed by atoms with E-state index in [0.717, 1.165) is 5.56 Å². The van der Waals surface area contributed by atoms with Gasteiger partial charge in [-0.05, 0) is 32.3 Å². The van der Waals surface area contributed by atoms with Crippen LogP contribution in [0.4, 0.5) is 0 Å². The van der Waals surface area contributed by atoms with Gasteiger partial charge in [0.1, 0.15) is 5.41 Å². The van der Waals surface area contributed by atoms with Crippen molar-refractivity contribution < 1.29 is 24.2 Å². The topological polar surface area (TPSA) is 76.1 Å². The number of amides is 1. The number of nitrogens with zero attached hydrogens (tertiary/aromatic N) is 1. The molecule has 1 aliphatic rings. The lowest BCUT2D eigenvalue weighted by atomic mass is 9.79. The molecule has 6 nitrogen and oxygen atoms in total. The summed E-state index contributed by atoms with van der Waals surface area (Å²) < 4.78 is 10.9. The van der Waals surface area contributed by atoms with E-state index in [4.69, 9.17) is 9.47 Å². The molecule has 1 fully saturated rings. The molecule has 0 radical (unpaired) electrons. The van der Waals surface area contributed by atoms with Crippen LogP contribution in [0.15, 0.2) is 30.3 Å². The number of carbonyl (C=O) groups excluding carboxylic acids is 1. The van der Waals surface area contributed by atoms with Crippen molar-refractivity contribution >= 4 is 11.9 Å². The largest absolute Gasteiger partial charge is 0.481 e. The van der Waals surface area contributed by atoms with E-state index in [9.17, 15) is 14.7 Å². The van der Waals surface area contributed by atoms with Crippen molar-refractivity contribution in [2.24, 2.45) is 10.8 Å². The van der Waals surface area contributed by atoms with Crippen molar-refractivity contribution in [2.75, 3.05) is 33.4 Å². The molecule has 144 valence electrons. The molecule has 1 atom stereocenters. The lowest BCUT2D eigenvalue weighted by Crippen LogP contribution is -2.55. The number of piperidine rings is 1. The highest BCUT2D eigenvalue weighted by molar-refractivity contribution is 5.84. The van der Waals surface area contributed by atoms with Crippen LogP contribution in [0.3, 0.4) is 0 Å². The molecule has 1 heterocycles. The predicted octanol–water partition coefficient (Wildman–Crippen LogP) is 2.57. The molecule has 1 aliphatic heterocycles. The van der Waals surface area contributed by atoms with Gasteiger partial charge in [-0.3, -0.25) is 9.59 Å². The van der Waals surface area contributed by atoms with Crippen LogP contribution in [0.2, 0.25) is 0 Å². The van der Waals surface area contributed by atoms with E-state index in [1.54, 1.807) is 4.90 Å². The summed E-state index contributed by atoms with van der Waals surface area (Å²) in [6.07, 6.45) is 1.17. The number of hydrogen-bond acceptors (Lipinski definition) is 4. The van der Waals surface area contributed by atoms with Gasteiger partial charge in [0.15, 0.2) is 0 Å². The van der Waals surface area contributed by atoms with E-state index >= 15 is 0 Å². The second-order valence-corrected chi connectivity index (χ2v) is 7.71. The van der Waals surface area contributed by atoms with Crippen LogP contribution >= 0.6 is 0 Å². The maximum absolute atomic E-state index is 13.0. The maximum atomic E-state index is 13.0. The van der Waals surface area contributed by atoms with Crippen molar-refractivity contribution in [2.45, 2.75) is 33.3 Å². The zero-order chi connectivity index (χ0) is 19.2. The van der Waals surface area contributed by atoms with Gasteiger partial charge in [0.05, 0.1) is 25.2 Å². The molecule has 0 bridgehead atoms. The summed E-state index contributed by atoms with van der Waals surface area (Å²) in [5.74, 6) is -0.984. The predicted molar refractivity (Wildman–Crippen MR) is 97.6 cm³/mol. The van der Waals surface area contributed by atoms with E-state index in [1.165, 1.54) is 7.11 Å². The van der Waals surface area contributed by atoms with Crippen LogP contribution in [0.5, 0.6) is 0 Å². The standard InChI is InChI=1S/C20H29NO5/c1-19(2,14-26-12-16-8-5-4-6-9-16)17(22)21-11-7-10-20(13-21,15-25-3)18(23)24/h4-6,8-9H,7,10-15H2,1-3H3,(H,23,24). The first kappa shape index (κ1) is 20.4. The number of carboxylic acids is 1. The molecular formula is C20H29NO5. The summed E-state index contributed by atoms with van der Waals surface area (Å²) in [5, 5.41) is 9.65. The van der Waals surface area contributed by atoms with Crippen LogP contribution in [-0.4, -0.2) is 55.3 Å². The Labute approximate surface area is 155 Å². The highest BCUT2D eigenvalue weighted by atomic mass is 16.5. The van der Waals surface area contributed by atoms with Crippen LogP contribution in [-0.2, 0) is 25.7 Å². The van der Waals surface area contributed by atoms with Gasteiger partial charge in [0.25, 0.3) is 0 Å². The van der Waals surface area contributed by atoms with Gasteiger partial charge in [-0.2, -0.15) is 0 Å². The van der Waals surface area contributed by atoms with Crippen molar-refractivity contribution in [3.8, 4) is 0 Å². The first-order valence-electron chi connectivity index (χ1n) is 8.94. The molecule has 1 N–H and O–H groups in total. The molecular weight excluding hydrogens is 334 g/mol. The average Bonchev–Trinajstić information content (AvgIpc) is 2.62. The Kier molecular flexibility index (Phi) is 6.78. The Morgan fingerprint density at radius 3 is 2.58 bits per heavy atom. The van der Waals surface area contributed by atoms with Crippen molar-refractivity contribution in [3.63, 3.8) is 0 Å². The molecule has 0 aromatic heterocycles. The number of methoxy groups -OCH3 is 1. The molecule has 2 rings (SSSR count). The van der Waals surface area contributed by atoms with E-state index < -0.39 is 16.8 Å². The molecule has 0 spiro atoms. The van der Waals surface area contributed by atoms with Gasteiger partial charge in [-0.1, -0.05) is 30.3 Å². The molecule has 26 heavy (non-hydrogen) atoms. The summed E-state index contributed by atoms with van der Waals surface area (Å²) in [6, 6.07) is 9.80. The van der Waals surface area contributed by atoms with Crippen molar-refractivity contribution in [1.82, 2.24) is 4.90 Å². The smallest absolute Gasteiger partial charge is 0.313 e. The highest BCUT2D eigenvalue weighted by Gasteiger charge is 2.46. The van der Waals surface area contributed by atoms with Gasteiger partial charge in [-0.25, -0.2) is 0 Å². The fraction of sp³-hybridized carbons (Fsp3) is 0.600. The highest BCUT2D eigenvalue weighted by Crippen LogP contribution is 2.33. The van der Waals surface area contributed by atoms with Gasteiger partial charge >= 0.3 is 5.97 Å². The number of rotatable bonds is 8. The second-order valence-electron chi connectivity index (χ2n) is 7.71. The lowest BCUT2D eigenvalue weighted by molar-refractivity contribution is -0.162. The number of ether oxygens (including phenoxy) is 2. The normalized spacial score (nSPS) is 20.8. The fourth-order valence-corrected chi connectivity index (χ4v) is 3.42. The Bertz CT molecular complexity index is 612. The fourth-order valence-electron chi connectivity index (χ4n) is 3.42. The summed E-state index contributed by atoms with van der Waals surface area (Å²) in [6.45, 7) is 5.26. The number of hydrogen-bond donors (Lipinski definition) is 1. The van der Waals surface area contributed by atoms with Gasteiger partial charge in [0, 0.05) is 20.2 Å². The molecule has 1 unspecified atom stereocenters. The third-order valence-electron chi connectivity index (χ3n) is 4.89. The number of carboxylic acid groups (broad SMARTS) is 1. The molecule has 1 aromatic carbocycles.